The molecule has 0 radical (unpaired) electrons. The SMILES string of the molecule is CCCCCC(C)(CCCC)C(=O)c1cnn(C)c1OCC. The fourth-order valence-electron chi connectivity index (χ4n) is 2.90. The maximum absolute atomic E-state index is 13.1. The molecule has 0 aliphatic rings. The van der Waals surface area contributed by atoms with Gasteiger partial charge in [-0.25, -0.2) is 4.68 Å². The van der Waals surface area contributed by atoms with Crippen LogP contribution < -0.4 is 4.74 Å². The predicted molar refractivity (Wildman–Crippen MR) is 90.5 cm³/mol. The van der Waals surface area contributed by atoms with Crippen molar-refractivity contribution in [2.24, 2.45) is 12.5 Å². The molecule has 0 aliphatic heterocycles. The number of rotatable bonds is 11. The van der Waals surface area contributed by atoms with E-state index in [0.29, 0.717) is 18.1 Å². The maximum Gasteiger partial charge on any atom is 0.222 e. The molecular formula is C18H32N2O2. The molecule has 0 N–H and O–H groups in total. The standard InChI is InChI=1S/C18H32N2O2/c1-6-9-11-13-18(4,12-10-7-2)16(21)15-14-19-20(5)17(15)22-8-3/h14H,6-13H2,1-5H3. The number of aromatic nitrogens is 2. The van der Waals surface area contributed by atoms with Crippen molar-refractivity contribution >= 4 is 5.78 Å². The molecule has 1 rings (SSSR count). The van der Waals surface area contributed by atoms with E-state index in [1.165, 1.54) is 12.8 Å². The lowest BCUT2D eigenvalue weighted by Gasteiger charge is -2.28. The second kappa shape index (κ2) is 8.96. The molecule has 0 fully saturated rings. The van der Waals surface area contributed by atoms with Crippen LogP contribution in [0.5, 0.6) is 5.88 Å². The molecule has 0 bridgehead atoms. The highest BCUT2D eigenvalue weighted by Crippen LogP contribution is 2.36. The Hall–Kier alpha value is -1.32. The highest BCUT2D eigenvalue weighted by molar-refractivity contribution is 6.02. The predicted octanol–water partition coefficient (Wildman–Crippen LogP) is 4.78. The van der Waals surface area contributed by atoms with Crippen LogP contribution in [0.25, 0.3) is 0 Å². The van der Waals surface area contributed by atoms with E-state index in [2.05, 4.69) is 25.9 Å². The van der Waals surface area contributed by atoms with Gasteiger partial charge in [0.1, 0.15) is 0 Å². The average Bonchev–Trinajstić information content (AvgIpc) is 2.86. The summed E-state index contributed by atoms with van der Waals surface area (Å²) < 4.78 is 7.29. The summed E-state index contributed by atoms with van der Waals surface area (Å²) in [6.07, 6.45) is 9.20. The van der Waals surface area contributed by atoms with Gasteiger partial charge in [0.25, 0.3) is 0 Å². The Morgan fingerprint density at radius 1 is 1.18 bits per heavy atom. The Morgan fingerprint density at radius 2 is 1.82 bits per heavy atom. The summed E-state index contributed by atoms with van der Waals surface area (Å²) in [5.74, 6) is 0.791. The number of unbranched alkanes of at least 4 members (excludes halogenated alkanes) is 3. The van der Waals surface area contributed by atoms with Crippen molar-refractivity contribution in [3.8, 4) is 5.88 Å². The molecular weight excluding hydrogens is 276 g/mol. The molecule has 0 amide bonds. The fourth-order valence-corrected chi connectivity index (χ4v) is 2.90. The second-order valence-electron chi connectivity index (χ2n) is 6.37. The van der Waals surface area contributed by atoms with E-state index in [1.54, 1.807) is 10.9 Å². The smallest absolute Gasteiger partial charge is 0.222 e. The van der Waals surface area contributed by atoms with Gasteiger partial charge in [0.15, 0.2) is 5.78 Å². The summed E-state index contributed by atoms with van der Waals surface area (Å²) in [6.45, 7) is 8.95. The van der Waals surface area contributed by atoms with Gasteiger partial charge in [0, 0.05) is 12.5 Å². The first-order valence-electron chi connectivity index (χ1n) is 8.69. The normalized spacial score (nSPS) is 13.9. The third kappa shape index (κ3) is 4.59. The highest BCUT2D eigenvalue weighted by atomic mass is 16.5. The lowest BCUT2D eigenvalue weighted by Crippen LogP contribution is -2.28. The van der Waals surface area contributed by atoms with Gasteiger partial charge in [-0.2, -0.15) is 5.10 Å². The minimum atomic E-state index is -0.305. The first kappa shape index (κ1) is 18.7. The Kier molecular flexibility index (Phi) is 7.63. The number of Topliss-reactive ketones (excluding diaryl/α,β-unsaturated/α-hetero) is 1. The maximum atomic E-state index is 13.1. The molecule has 0 saturated carbocycles. The Balaban J connectivity index is 2.99. The van der Waals surface area contributed by atoms with Gasteiger partial charge in [-0.1, -0.05) is 52.9 Å². The van der Waals surface area contributed by atoms with E-state index in [-0.39, 0.29) is 11.2 Å². The average molecular weight is 308 g/mol. The van der Waals surface area contributed by atoms with Gasteiger partial charge in [-0.15, -0.1) is 0 Å². The second-order valence-corrected chi connectivity index (χ2v) is 6.37. The largest absolute Gasteiger partial charge is 0.478 e. The van der Waals surface area contributed by atoms with Crippen molar-refractivity contribution < 1.29 is 9.53 Å². The summed E-state index contributed by atoms with van der Waals surface area (Å²) in [7, 11) is 1.82. The molecule has 1 aromatic heterocycles. The van der Waals surface area contributed by atoms with Crippen LogP contribution >= 0.6 is 0 Å². The zero-order valence-electron chi connectivity index (χ0n) is 14.9. The van der Waals surface area contributed by atoms with Gasteiger partial charge in [0.2, 0.25) is 5.88 Å². The number of ether oxygens (including phenoxy) is 1. The summed E-state index contributed by atoms with van der Waals surface area (Å²) in [5.41, 5.74) is 0.333. The van der Waals surface area contributed by atoms with Crippen LogP contribution in [0.1, 0.15) is 83.0 Å². The van der Waals surface area contributed by atoms with Crippen molar-refractivity contribution in [3.63, 3.8) is 0 Å². The molecule has 0 aliphatic carbocycles. The first-order chi connectivity index (χ1) is 10.5. The van der Waals surface area contributed by atoms with Gasteiger partial charge in [-0.05, 0) is 19.8 Å². The van der Waals surface area contributed by atoms with Crippen molar-refractivity contribution in [3.05, 3.63) is 11.8 Å². The van der Waals surface area contributed by atoms with E-state index in [0.717, 1.165) is 32.1 Å². The number of carbonyl (C=O) groups is 1. The van der Waals surface area contributed by atoms with Crippen LogP contribution in [0.4, 0.5) is 0 Å². The molecule has 1 unspecified atom stereocenters. The van der Waals surface area contributed by atoms with E-state index >= 15 is 0 Å². The zero-order chi connectivity index (χ0) is 16.6. The summed E-state index contributed by atoms with van der Waals surface area (Å²) in [5, 5.41) is 4.22. The van der Waals surface area contributed by atoms with E-state index < -0.39 is 0 Å². The molecule has 1 atom stereocenters. The molecule has 4 nitrogen and oxygen atoms in total. The number of nitrogens with zero attached hydrogens (tertiary/aromatic N) is 2. The molecule has 0 spiro atoms. The monoisotopic (exact) mass is 308 g/mol. The topological polar surface area (TPSA) is 44.1 Å². The van der Waals surface area contributed by atoms with Gasteiger partial charge >= 0.3 is 0 Å². The van der Waals surface area contributed by atoms with Gasteiger partial charge in [0.05, 0.1) is 18.4 Å². The number of ketones is 1. The van der Waals surface area contributed by atoms with Crippen LogP contribution in [-0.4, -0.2) is 22.2 Å². The Morgan fingerprint density at radius 3 is 2.41 bits per heavy atom. The van der Waals surface area contributed by atoms with Crippen molar-refractivity contribution in [1.29, 1.82) is 0 Å². The number of carbonyl (C=O) groups excluding carboxylic acids is 1. The Bertz CT molecular complexity index is 468. The minimum absolute atomic E-state index is 0.189. The van der Waals surface area contributed by atoms with Crippen molar-refractivity contribution in [2.45, 2.75) is 72.6 Å². The molecule has 22 heavy (non-hydrogen) atoms. The first-order valence-corrected chi connectivity index (χ1v) is 8.69. The van der Waals surface area contributed by atoms with Crippen LogP contribution in [-0.2, 0) is 7.05 Å². The van der Waals surface area contributed by atoms with Crippen LogP contribution in [0.3, 0.4) is 0 Å². The lowest BCUT2D eigenvalue weighted by molar-refractivity contribution is 0.0774. The molecule has 1 heterocycles. The molecule has 126 valence electrons. The van der Waals surface area contributed by atoms with Crippen LogP contribution in [0, 0.1) is 5.41 Å². The fraction of sp³-hybridized carbons (Fsp3) is 0.778. The summed E-state index contributed by atoms with van der Waals surface area (Å²) in [6, 6.07) is 0. The summed E-state index contributed by atoms with van der Waals surface area (Å²) in [4.78, 5) is 13.1. The van der Waals surface area contributed by atoms with Crippen LogP contribution in [0.2, 0.25) is 0 Å². The highest BCUT2D eigenvalue weighted by Gasteiger charge is 2.35. The van der Waals surface area contributed by atoms with Crippen molar-refractivity contribution in [2.75, 3.05) is 6.61 Å². The number of hydrogen-bond donors (Lipinski definition) is 0. The third-order valence-electron chi connectivity index (χ3n) is 4.37. The minimum Gasteiger partial charge on any atom is -0.478 e. The van der Waals surface area contributed by atoms with Crippen LogP contribution in [0.15, 0.2) is 6.20 Å². The van der Waals surface area contributed by atoms with Crippen molar-refractivity contribution in [1.82, 2.24) is 9.78 Å². The Labute approximate surface area is 135 Å². The summed E-state index contributed by atoms with van der Waals surface area (Å²) >= 11 is 0. The quantitative estimate of drug-likeness (QED) is 0.436. The van der Waals surface area contributed by atoms with E-state index in [9.17, 15) is 4.79 Å². The van der Waals surface area contributed by atoms with Gasteiger partial charge < -0.3 is 4.74 Å². The lowest BCUT2D eigenvalue weighted by atomic mass is 9.74. The third-order valence-corrected chi connectivity index (χ3v) is 4.37. The van der Waals surface area contributed by atoms with E-state index in [4.69, 9.17) is 4.74 Å². The molecule has 1 aromatic rings. The molecule has 0 saturated heterocycles. The molecule has 0 aromatic carbocycles. The molecule has 4 heteroatoms. The van der Waals surface area contributed by atoms with Gasteiger partial charge in [-0.3, -0.25) is 4.79 Å². The zero-order valence-corrected chi connectivity index (χ0v) is 14.9. The number of aryl methyl sites for hydroxylation is 1. The number of hydrogen-bond acceptors (Lipinski definition) is 3. The van der Waals surface area contributed by atoms with E-state index in [1.807, 2.05) is 14.0 Å².